The van der Waals surface area contributed by atoms with Crippen molar-refractivity contribution in [2.45, 2.75) is 51.7 Å². The van der Waals surface area contributed by atoms with Crippen LogP contribution in [-0.2, 0) is 11.2 Å². The zero-order valence-electron chi connectivity index (χ0n) is 12.4. The van der Waals surface area contributed by atoms with Crippen molar-refractivity contribution in [3.05, 3.63) is 28.5 Å². The van der Waals surface area contributed by atoms with Gasteiger partial charge in [0.25, 0.3) is 0 Å². The molecule has 0 aliphatic carbocycles. The molecule has 1 aliphatic rings. The highest BCUT2D eigenvalue weighted by molar-refractivity contribution is 9.10. The maximum Gasteiger partial charge on any atom is 0.0616 e. The number of pyridine rings is 1. The van der Waals surface area contributed by atoms with E-state index in [1.165, 1.54) is 12.0 Å². The van der Waals surface area contributed by atoms with E-state index >= 15 is 0 Å². The second kappa shape index (κ2) is 8.11. The summed E-state index contributed by atoms with van der Waals surface area (Å²) in [6.45, 7) is 6.41. The van der Waals surface area contributed by atoms with E-state index < -0.39 is 0 Å². The molecule has 1 aromatic rings. The first-order chi connectivity index (χ1) is 9.74. The number of hydrogen-bond acceptors (Lipinski definition) is 3. The summed E-state index contributed by atoms with van der Waals surface area (Å²) in [4.78, 5) is 4.28. The van der Waals surface area contributed by atoms with Gasteiger partial charge >= 0.3 is 0 Å². The minimum atomic E-state index is 0.407. The summed E-state index contributed by atoms with van der Waals surface area (Å²) in [5.41, 5.74) is 1.29. The van der Waals surface area contributed by atoms with E-state index in [-0.39, 0.29) is 0 Å². The van der Waals surface area contributed by atoms with Crippen LogP contribution in [0.2, 0.25) is 0 Å². The van der Waals surface area contributed by atoms with Crippen LogP contribution in [-0.4, -0.2) is 30.3 Å². The van der Waals surface area contributed by atoms with Crippen molar-refractivity contribution in [1.82, 2.24) is 10.3 Å². The summed E-state index contributed by atoms with van der Waals surface area (Å²) in [5, 5.41) is 3.72. The molecule has 0 saturated carbocycles. The molecule has 0 amide bonds. The SMILES string of the molecule is CCCNC(Cc1cncc(Br)c1)C1CCOC1CC. The quantitative estimate of drug-likeness (QED) is 0.823. The molecule has 0 spiro atoms. The molecule has 1 fully saturated rings. The molecule has 1 aliphatic heterocycles. The lowest BCUT2D eigenvalue weighted by Crippen LogP contribution is -2.41. The lowest BCUT2D eigenvalue weighted by Gasteiger charge is -2.28. The average molecular weight is 341 g/mol. The molecular weight excluding hydrogens is 316 g/mol. The minimum absolute atomic E-state index is 0.407. The van der Waals surface area contributed by atoms with Crippen LogP contribution in [0.15, 0.2) is 22.9 Å². The average Bonchev–Trinajstić information content (AvgIpc) is 2.92. The normalized spacial score (nSPS) is 23.9. The van der Waals surface area contributed by atoms with Crippen molar-refractivity contribution in [2.75, 3.05) is 13.2 Å². The highest BCUT2D eigenvalue weighted by Crippen LogP contribution is 2.28. The van der Waals surface area contributed by atoms with E-state index in [1.807, 2.05) is 12.4 Å². The monoisotopic (exact) mass is 340 g/mol. The van der Waals surface area contributed by atoms with Gasteiger partial charge in [0, 0.05) is 35.4 Å². The fraction of sp³-hybridized carbons (Fsp3) is 0.688. The van der Waals surface area contributed by atoms with Crippen LogP contribution in [0, 0.1) is 5.92 Å². The molecule has 1 N–H and O–H groups in total. The van der Waals surface area contributed by atoms with Gasteiger partial charge in [-0.3, -0.25) is 4.98 Å². The Morgan fingerprint density at radius 3 is 3.00 bits per heavy atom. The van der Waals surface area contributed by atoms with Gasteiger partial charge in [0.15, 0.2) is 0 Å². The first-order valence-corrected chi connectivity index (χ1v) is 8.48. The number of nitrogens with one attached hydrogen (secondary N) is 1. The Labute approximate surface area is 130 Å². The van der Waals surface area contributed by atoms with Crippen LogP contribution in [0.25, 0.3) is 0 Å². The van der Waals surface area contributed by atoms with Gasteiger partial charge in [0.2, 0.25) is 0 Å². The van der Waals surface area contributed by atoms with Gasteiger partial charge in [0.1, 0.15) is 0 Å². The number of nitrogens with zero attached hydrogens (tertiary/aromatic N) is 1. The Hall–Kier alpha value is -0.450. The third-order valence-corrected chi connectivity index (χ3v) is 4.49. The highest BCUT2D eigenvalue weighted by Gasteiger charge is 2.33. The van der Waals surface area contributed by atoms with Crippen LogP contribution in [0.1, 0.15) is 38.7 Å². The zero-order chi connectivity index (χ0) is 14.4. The predicted molar refractivity (Wildman–Crippen MR) is 85.9 cm³/mol. The van der Waals surface area contributed by atoms with Gasteiger partial charge in [-0.25, -0.2) is 0 Å². The Morgan fingerprint density at radius 1 is 1.45 bits per heavy atom. The van der Waals surface area contributed by atoms with Crippen LogP contribution < -0.4 is 5.32 Å². The maximum atomic E-state index is 5.87. The van der Waals surface area contributed by atoms with Gasteiger partial charge in [0.05, 0.1) is 6.10 Å². The van der Waals surface area contributed by atoms with Crippen molar-refractivity contribution in [3.63, 3.8) is 0 Å². The molecule has 2 heterocycles. The standard InChI is InChI=1S/C16H25BrN2O/c1-3-6-19-15(14-5-7-20-16(14)4-2)9-12-8-13(17)11-18-10-12/h8,10-11,14-16,19H,3-7,9H2,1-2H3. The Morgan fingerprint density at radius 2 is 2.30 bits per heavy atom. The van der Waals surface area contributed by atoms with Crippen molar-refractivity contribution in [1.29, 1.82) is 0 Å². The molecule has 0 aromatic carbocycles. The van der Waals surface area contributed by atoms with E-state index in [9.17, 15) is 0 Å². The molecule has 3 nitrogen and oxygen atoms in total. The molecule has 4 heteroatoms. The zero-order valence-corrected chi connectivity index (χ0v) is 14.0. The van der Waals surface area contributed by atoms with E-state index in [1.54, 1.807) is 0 Å². The van der Waals surface area contributed by atoms with Gasteiger partial charge in [-0.1, -0.05) is 13.8 Å². The molecule has 1 saturated heterocycles. The fourth-order valence-electron chi connectivity index (χ4n) is 3.07. The lowest BCUT2D eigenvalue weighted by atomic mass is 9.87. The Kier molecular flexibility index (Phi) is 6.46. The first-order valence-electron chi connectivity index (χ1n) is 7.69. The first kappa shape index (κ1) is 15.9. The lowest BCUT2D eigenvalue weighted by molar-refractivity contribution is 0.0774. The summed E-state index contributed by atoms with van der Waals surface area (Å²) in [6.07, 6.45) is 8.68. The highest BCUT2D eigenvalue weighted by atomic mass is 79.9. The second-order valence-electron chi connectivity index (χ2n) is 5.55. The van der Waals surface area contributed by atoms with Crippen molar-refractivity contribution in [3.8, 4) is 0 Å². The van der Waals surface area contributed by atoms with Crippen molar-refractivity contribution >= 4 is 15.9 Å². The van der Waals surface area contributed by atoms with E-state index in [0.29, 0.717) is 18.1 Å². The number of aromatic nitrogens is 1. The Balaban J connectivity index is 2.06. The van der Waals surface area contributed by atoms with Crippen LogP contribution in [0.4, 0.5) is 0 Å². The number of halogens is 1. The smallest absolute Gasteiger partial charge is 0.0616 e. The predicted octanol–water partition coefficient (Wildman–Crippen LogP) is 3.57. The second-order valence-corrected chi connectivity index (χ2v) is 6.46. The van der Waals surface area contributed by atoms with E-state index in [4.69, 9.17) is 4.74 Å². The summed E-state index contributed by atoms with van der Waals surface area (Å²) < 4.78 is 6.93. The van der Waals surface area contributed by atoms with Gasteiger partial charge in [-0.15, -0.1) is 0 Å². The van der Waals surface area contributed by atoms with E-state index in [2.05, 4.69) is 46.1 Å². The fourth-order valence-corrected chi connectivity index (χ4v) is 3.48. The Bertz CT molecular complexity index is 413. The number of ether oxygens (including phenoxy) is 1. The number of rotatable bonds is 7. The molecule has 0 radical (unpaired) electrons. The summed E-state index contributed by atoms with van der Waals surface area (Å²) in [7, 11) is 0. The largest absolute Gasteiger partial charge is 0.378 e. The molecule has 1 aromatic heterocycles. The van der Waals surface area contributed by atoms with Crippen LogP contribution in [0.3, 0.4) is 0 Å². The molecule has 112 valence electrons. The van der Waals surface area contributed by atoms with Crippen molar-refractivity contribution in [2.24, 2.45) is 5.92 Å². The molecule has 3 atom stereocenters. The molecule has 3 unspecified atom stereocenters. The summed E-state index contributed by atoms with van der Waals surface area (Å²) >= 11 is 3.51. The van der Waals surface area contributed by atoms with Gasteiger partial charge in [-0.2, -0.15) is 0 Å². The van der Waals surface area contributed by atoms with Gasteiger partial charge < -0.3 is 10.1 Å². The molecular formula is C16H25BrN2O. The molecule has 20 heavy (non-hydrogen) atoms. The van der Waals surface area contributed by atoms with Crippen LogP contribution in [0.5, 0.6) is 0 Å². The van der Waals surface area contributed by atoms with Gasteiger partial charge in [-0.05, 0) is 59.8 Å². The summed E-state index contributed by atoms with van der Waals surface area (Å²) in [6, 6.07) is 2.66. The topological polar surface area (TPSA) is 34.2 Å². The van der Waals surface area contributed by atoms with E-state index in [0.717, 1.165) is 36.9 Å². The summed E-state index contributed by atoms with van der Waals surface area (Å²) in [5.74, 6) is 0.616. The molecule has 2 rings (SSSR count). The third-order valence-electron chi connectivity index (χ3n) is 4.05. The maximum absolute atomic E-state index is 5.87. The minimum Gasteiger partial charge on any atom is -0.378 e. The molecule has 0 bridgehead atoms. The number of hydrogen-bond donors (Lipinski definition) is 1. The van der Waals surface area contributed by atoms with Crippen molar-refractivity contribution < 1.29 is 4.74 Å². The van der Waals surface area contributed by atoms with Crippen LogP contribution >= 0.6 is 15.9 Å². The third kappa shape index (κ3) is 4.27.